The number of aromatic nitrogens is 1. The molecule has 4 saturated carbocycles. The van der Waals surface area contributed by atoms with Gasteiger partial charge < -0.3 is 14.4 Å². The van der Waals surface area contributed by atoms with Crippen LogP contribution in [0.15, 0.2) is 152 Å². The van der Waals surface area contributed by atoms with E-state index in [0.29, 0.717) is 0 Å². The van der Waals surface area contributed by atoms with Crippen LogP contribution in [-0.4, -0.2) is 11.3 Å². The molecule has 4 fully saturated rings. The van der Waals surface area contributed by atoms with Gasteiger partial charge in [0.1, 0.15) is 0 Å². The maximum absolute atomic E-state index is 2.73. The summed E-state index contributed by atoms with van der Waals surface area (Å²) >= 11 is 0. The van der Waals surface area contributed by atoms with Gasteiger partial charge in [-0.2, -0.15) is 0 Å². The Labute approximate surface area is 360 Å². The average Bonchev–Trinajstić information content (AvgIpc) is 3.58. The quantitative estimate of drug-likeness (QED) is 0.165. The lowest BCUT2D eigenvalue weighted by atomic mass is 9.33. The third kappa shape index (κ3) is 5.17. The normalized spacial score (nSPS) is 22.2. The summed E-state index contributed by atoms with van der Waals surface area (Å²) in [6.45, 7) is 9.27. The fourth-order valence-corrected chi connectivity index (χ4v) is 13.5. The molecule has 2 aliphatic heterocycles. The number of fused-ring (bicyclic) bond motifs is 7. The lowest BCUT2D eigenvalue weighted by molar-refractivity contribution is -0.00515. The van der Waals surface area contributed by atoms with Crippen molar-refractivity contribution in [1.82, 2.24) is 4.57 Å². The van der Waals surface area contributed by atoms with Crippen LogP contribution in [0, 0.1) is 24.7 Å². The Morgan fingerprint density at radius 2 is 1.15 bits per heavy atom. The highest BCUT2D eigenvalue weighted by atomic mass is 15.2. The SMILES string of the molecule is Cc1ccccc1N1c2cc3c4ccccc4n(-c4ccccc4)c3cc2B2c3cc(C45CC6CC(CC(C6)C4)C5)ccc3N(c3ccc(C(C)(C)C)cc3)c3cccc1c32. The van der Waals surface area contributed by atoms with E-state index in [9.17, 15) is 0 Å². The average molecular weight is 790 g/mol. The van der Waals surface area contributed by atoms with E-state index < -0.39 is 0 Å². The fourth-order valence-electron chi connectivity index (χ4n) is 13.5. The first-order valence-corrected chi connectivity index (χ1v) is 22.9. The van der Waals surface area contributed by atoms with Crippen molar-refractivity contribution in [1.29, 1.82) is 0 Å². The number of aryl methyl sites for hydroxylation is 1. The van der Waals surface area contributed by atoms with E-state index in [2.05, 4.69) is 194 Å². The zero-order valence-corrected chi connectivity index (χ0v) is 35.8. The van der Waals surface area contributed by atoms with Crippen molar-refractivity contribution in [3.05, 3.63) is 168 Å². The first-order valence-electron chi connectivity index (χ1n) is 22.9. The zero-order valence-electron chi connectivity index (χ0n) is 35.8. The predicted octanol–water partition coefficient (Wildman–Crippen LogP) is 12.9. The van der Waals surface area contributed by atoms with E-state index in [1.807, 2.05) is 0 Å². The molecule has 0 amide bonds. The summed E-state index contributed by atoms with van der Waals surface area (Å²) in [7, 11) is 0. The van der Waals surface area contributed by atoms with Gasteiger partial charge >= 0.3 is 0 Å². The molecule has 4 aliphatic carbocycles. The van der Waals surface area contributed by atoms with Gasteiger partial charge in [-0.25, -0.2) is 0 Å². The summed E-state index contributed by atoms with van der Waals surface area (Å²) in [4.78, 5) is 5.20. The van der Waals surface area contributed by atoms with Crippen molar-refractivity contribution < 1.29 is 0 Å². The van der Waals surface area contributed by atoms with Crippen LogP contribution in [0.25, 0.3) is 27.5 Å². The smallest absolute Gasteiger partial charge is 0.252 e. The Morgan fingerprint density at radius 1 is 0.508 bits per heavy atom. The van der Waals surface area contributed by atoms with Gasteiger partial charge in [-0.05, 0) is 174 Å². The van der Waals surface area contributed by atoms with E-state index in [4.69, 9.17) is 0 Å². The summed E-state index contributed by atoms with van der Waals surface area (Å²) in [6.07, 6.45) is 8.44. The molecule has 1 aromatic heterocycles. The first-order chi connectivity index (χ1) is 29.7. The molecular formula is C57H52BN3. The second-order valence-corrected chi connectivity index (χ2v) is 20.5. The van der Waals surface area contributed by atoms with E-state index in [1.165, 1.54) is 128 Å². The number of nitrogens with zero attached hydrogens (tertiary/aromatic N) is 3. The van der Waals surface area contributed by atoms with Crippen LogP contribution in [0.3, 0.4) is 0 Å². The van der Waals surface area contributed by atoms with Crippen molar-refractivity contribution >= 4 is 79.0 Å². The predicted molar refractivity (Wildman–Crippen MR) is 258 cm³/mol. The maximum Gasteiger partial charge on any atom is 0.252 e. The Hall–Kier alpha value is -6.00. The minimum Gasteiger partial charge on any atom is -0.311 e. The number of para-hydroxylation sites is 3. The first kappa shape index (κ1) is 35.7. The molecule has 4 heteroatoms. The van der Waals surface area contributed by atoms with Crippen molar-refractivity contribution in [2.75, 3.05) is 9.80 Å². The molecule has 0 saturated heterocycles. The minimum absolute atomic E-state index is 0.0575. The molecule has 0 radical (unpaired) electrons. The molecule has 61 heavy (non-hydrogen) atoms. The Balaban J connectivity index is 1.12. The van der Waals surface area contributed by atoms with Gasteiger partial charge in [-0.1, -0.05) is 106 Å². The van der Waals surface area contributed by atoms with Crippen LogP contribution in [0.5, 0.6) is 0 Å². The molecule has 14 rings (SSSR count). The summed E-state index contributed by atoms with van der Waals surface area (Å²) in [5.41, 5.74) is 20.1. The highest BCUT2D eigenvalue weighted by Gasteiger charge is 2.52. The molecule has 8 aromatic rings. The van der Waals surface area contributed by atoms with Gasteiger partial charge in [-0.3, -0.25) is 0 Å². The molecule has 0 atom stereocenters. The van der Waals surface area contributed by atoms with E-state index in [0.717, 1.165) is 17.8 Å². The van der Waals surface area contributed by atoms with Crippen LogP contribution in [0.1, 0.15) is 76.0 Å². The Morgan fingerprint density at radius 3 is 1.87 bits per heavy atom. The Kier molecular flexibility index (Phi) is 7.48. The summed E-state index contributed by atoms with van der Waals surface area (Å²) in [6, 6.07) is 58.4. The fraction of sp³-hybridized carbons (Fsp3) is 0.263. The molecular weight excluding hydrogens is 737 g/mol. The van der Waals surface area contributed by atoms with Crippen LogP contribution in [0.2, 0.25) is 0 Å². The second-order valence-electron chi connectivity index (χ2n) is 20.5. The van der Waals surface area contributed by atoms with Gasteiger partial charge in [0.15, 0.2) is 0 Å². The zero-order chi connectivity index (χ0) is 40.8. The molecule has 0 spiro atoms. The number of anilines is 6. The standard InChI is InChI=1S/C57H52BN3/c1-36-13-8-10-17-48(36)61-52-20-12-19-51-55(52)58(47-32-53-45(31-54(47)61)44-16-9-11-18-49(44)59(53)42-14-6-5-7-15-42)46-30-41(57-33-37-27-38(34-57)29-39(28-37)35-57)23-26-50(46)60(51)43-24-21-40(22-25-43)56(2,3)4/h5-26,30-32,37-39H,27-29,33-35H2,1-4H3. The monoisotopic (exact) mass is 789 g/mol. The van der Waals surface area contributed by atoms with Gasteiger partial charge in [0.2, 0.25) is 0 Å². The number of hydrogen-bond acceptors (Lipinski definition) is 2. The molecule has 298 valence electrons. The number of hydrogen-bond donors (Lipinski definition) is 0. The second kappa shape index (κ2) is 12.8. The van der Waals surface area contributed by atoms with E-state index in [-0.39, 0.29) is 17.5 Å². The van der Waals surface area contributed by atoms with Crippen LogP contribution in [0.4, 0.5) is 34.1 Å². The summed E-state index contributed by atoms with van der Waals surface area (Å²) in [5, 5.41) is 2.57. The number of rotatable bonds is 4. The molecule has 0 N–H and O–H groups in total. The van der Waals surface area contributed by atoms with Crippen molar-refractivity contribution in [3.8, 4) is 5.69 Å². The molecule has 3 nitrogen and oxygen atoms in total. The van der Waals surface area contributed by atoms with Gasteiger partial charge in [0.05, 0.1) is 11.0 Å². The third-order valence-electron chi connectivity index (χ3n) is 15.8. The van der Waals surface area contributed by atoms with Gasteiger partial charge in [-0.15, -0.1) is 0 Å². The van der Waals surface area contributed by atoms with Crippen LogP contribution >= 0.6 is 0 Å². The lowest BCUT2D eigenvalue weighted by Gasteiger charge is -2.57. The van der Waals surface area contributed by atoms with Gasteiger partial charge in [0.25, 0.3) is 6.71 Å². The molecule has 4 bridgehead atoms. The lowest BCUT2D eigenvalue weighted by Crippen LogP contribution is -2.61. The number of benzene rings is 7. The molecule has 6 aliphatic rings. The molecule has 7 aromatic carbocycles. The molecule has 0 unspecified atom stereocenters. The summed E-state index contributed by atoms with van der Waals surface area (Å²) < 4.78 is 2.50. The van der Waals surface area contributed by atoms with E-state index in [1.54, 1.807) is 5.56 Å². The molecule has 3 heterocycles. The van der Waals surface area contributed by atoms with E-state index >= 15 is 0 Å². The van der Waals surface area contributed by atoms with Crippen molar-refractivity contribution in [3.63, 3.8) is 0 Å². The highest BCUT2D eigenvalue weighted by Crippen LogP contribution is 2.61. The van der Waals surface area contributed by atoms with Crippen molar-refractivity contribution in [2.45, 2.75) is 77.0 Å². The van der Waals surface area contributed by atoms with Gasteiger partial charge in [0, 0.05) is 50.6 Å². The van der Waals surface area contributed by atoms with Crippen LogP contribution < -0.4 is 26.2 Å². The third-order valence-corrected chi connectivity index (χ3v) is 15.8. The largest absolute Gasteiger partial charge is 0.311 e. The highest BCUT2D eigenvalue weighted by molar-refractivity contribution is 7.00. The maximum atomic E-state index is 2.73. The topological polar surface area (TPSA) is 11.4 Å². The minimum atomic E-state index is 0.0575. The summed E-state index contributed by atoms with van der Waals surface area (Å²) in [5.74, 6) is 2.66. The van der Waals surface area contributed by atoms with Crippen molar-refractivity contribution in [2.24, 2.45) is 17.8 Å². The Bertz CT molecular complexity index is 3040. The van der Waals surface area contributed by atoms with Crippen LogP contribution in [-0.2, 0) is 10.8 Å².